The number of nitrogens with zero attached hydrogens (tertiary/aromatic N) is 2. The van der Waals surface area contributed by atoms with Gasteiger partial charge in [-0.25, -0.2) is 0 Å². The number of aliphatic hydroxyl groups is 1. The van der Waals surface area contributed by atoms with E-state index in [1.165, 1.54) is 4.90 Å². The van der Waals surface area contributed by atoms with Gasteiger partial charge in [-0.1, -0.05) is 54.6 Å². The molecule has 3 aromatic rings. The summed E-state index contributed by atoms with van der Waals surface area (Å²) in [6.45, 7) is 1.95. The molecule has 1 N–H and O–H groups in total. The highest BCUT2D eigenvalue weighted by molar-refractivity contribution is 6.16. The van der Waals surface area contributed by atoms with Gasteiger partial charge in [-0.3, -0.25) is 14.5 Å². The second kappa shape index (κ2) is 9.33. The molecule has 0 saturated heterocycles. The van der Waals surface area contributed by atoms with Crippen LogP contribution in [0.1, 0.15) is 29.2 Å². The normalized spacial score (nSPS) is 15.8. The summed E-state index contributed by atoms with van der Waals surface area (Å²) in [5, 5.41) is 10.9. The lowest BCUT2D eigenvalue weighted by Crippen LogP contribution is -2.31. The molecule has 0 aromatic heterocycles. The van der Waals surface area contributed by atoms with Crippen molar-refractivity contribution in [2.45, 2.75) is 25.8 Å². The summed E-state index contributed by atoms with van der Waals surface area (Å²) in [6.07, 6.45) is 0.756. The maximum absolute atomic E-state index is 13.4. The molecule has 3 aromatic carbocycles. The number of hydrogen-bond acceptors (Lipinski definition) is 4. The van der Waals surface area contributed by atoms with Crippen LogP contribution in [0.3, 0.4) is 0 Å². The number of Topliss-reactive ketones (excluding diaryl/α,β-unsaturated/α-hetero) is 1. The van der Waals surface area contributed by atoms with Gasteiger partial charge in [0.1, 0.15) is 0 Å². The first kappa shape index (κ1) is 22.3. The largest absolute Gasteiger partial charge is 0.503 e. The summed E-state index contributed by atoms with van der Waals surface area (Å²) < 4.78 is 0. The maximum atomic E-state index is 13.4. The predicted octanol–water partition coefficient (Wildman–Crippen LogP) is 5.16. The van der Waals surface area contributed by atoms with Crippen molar-refractivity contribution in [3.63, 3.8) is 0 Å². The molecule has 0 fully saturated rings. The Hall–Kier alpha value is -3.86. The molecule has 1 amide bonds. The molecular weight excluding hydrogens is 412 g/mol. The van der Waals surface area contributed by atoms with Gasteiger partial charge in [-0.05, 0) is 54.3 Å². The number of carbonyl (C=O) groups excluding carboxylic acids is 2. The van der Waals surface area contributed by atoms with Crippen LogP contribution in [-0.2, 0) is 16.0 Å². The monoisotopic (exact) mass is 440 g/mol. The number of amides is 1. The molecular formula is C28H28N2O3. The fourth-order valence-corrected chi connectivity index (χ4v) is 4.24. The minimum Gasteiger partial charge on any atom is -0.503 e. The van der Waals surface area contributed by atoms with Gasteiger partial charge in [0.05, 0.1) is 11.6 Å². The third kappa shape index (κ3) is 4.53. The molecule has 33 heavy (non-hydrogen) atoms. The third-order valence-corrected chi connectivity index (χ3v) is 6.00. The molecule has 4 rings (SSSR count). The summed E-state index contributed by atoms with van der Waals surface area (Å²) >= 11 is 0. The van der Waals surface area contributed by atoms with Crippen LogP contribution in [0.2, 0.25) is 0 Å². The van der Waals surface area contributed by atoms with E-state index in [4.69, 9.17) is 0 Å². The number of ketones is 1. The van der Waals surface area contributed by atoms with E-state index in [1.54, 1.807) is 0 Å². The third-order valence-electron chi connectivity index (χ3n) is 6.00. The zero-order valence-electron chi connectivity index (χ0n) is 19.2. The smallest absolute Gasteiger partial charge is 0.294 e. The Kier molecular flexibility index (Phi) is 6.31. The first-order chi connectivity index (χ1) is 15.9. The molecule has 0 aliphatic carbocycles. The van der Waals surface area contributed by atoms with Crippen molar-refractivity contribution >= 4 is 23.1 Å². The zero-order chi connectivity index (χ0) is 23.5. The van der Waals surface area contributed by atoms with Gasteiger partial charge in [0.25, 0.3) is 5.91 Å². The van der Waals surface area contributed by atoms with Gasteiger partial charge in [-0.2, -0.15) is 0 Å². The van der Waals surface area contributed by atoms with E-state index in [2.05, 4.69) is 0 Å². The van der Waals surface area contributed by atoms with Gasteiger partial charge in [-0.15, -0.1) is 0 Å². The zero-order valence-corrected chi connectivity index (χ0v) is 19.2. The molecule has 168 valence electrons. The standard InChI is InChI=1S/C28H28N2O3/c1-19-8-7-11-23(18-19)30-26(21-13-15-22(16-14-21)29(2)3)25(27(32)28(30)33)24(31)17-12-20-9-5-4-6-10-20/h4-11,13-16,18,26,32H,12,17H2,1-3H3. The summed E-state index contributed by atoms with van der Waals surface area (Å²) in [4.78, 5) is 30.1. The fraction of sp³-hybridized carbons (Fsp3) is 0.214. The van der Waals surface area contributed by atoms with Crippen LogP contribution >= 0.6 is 0 Å². The van der Waals surface area contributed by atoms with Gasteiger partial charge < -0.3 is 10.0 Å². The average Bonchev–Trinajstić information content (AvgIpc) is 3.09. The molecule has 5 heteroatoms. The van der Waals surface area contributed by atoms with Gasteiger partial charge in [0.15, 0.2) is 11.5 Å². The molecule has 1 unspecified atom stereocenters. The Labute approximate surface area is 194 Å². The van der Waals surface area contributed by atoms with Crippen molar-refractivity contribution in [3.05, 3.63) is 107 Å². The summed E-state index contributed by atoms with van der Waals surface area (Å²) in [6, 6.07) is 24.3. The Morgan fingerprint density at radius 2 is 1.67 bits per heavy atom. The summed E-state index contributed by atoms with van der Waals surface area (Å²) in [5.74, 6) is -1.23. The second-order valence-corrected chi connectivity index (χ2v) is 8.57. The highest BCUT2D eigenvalue weighted by Gasteiger charge is 2.44. The maximum Gasteiger partial charge on any atom is 0.294 e. The number of aryl methyl sites for hydroxylation is 2. The Bertz CT molecular complexity index is 1200. The highest BCUT2D eigenvalue weighted by atomic mass is 16.3. The first-order valence-corrected chi connectivity index (χ1v) is 11.0. The van der Waals surface area contributed by atoms with Crippen LogP contribution in [0.5, 0.6) is 0 Å². The van der Waals surface area contributed by atoms with Crippen LogP contribution in [-0.4, -0.2) is 30.9 Å². The lowest BCUT2D eigenvalue weighted by molar-refractivity contribution is -0.118. The minimum absolute atomic E-state index is 0.162. The molecule has 0 saturated carbocycles. The molecule has 0 radical (unpaired) electrons. The van der Waals surface area contributed by atoms with E-state index in [9.17, 15) is 14.7 Å². The number of benzene rings is 3. The van der Waals surface area contributed by atoms with Crippen molar-refractivity contribution < 1.29 is 14.7 Å². The summed E-state index contributed by atoms with van der Waals surface area (Å²) in [7, 11) is 3.91. The van der Waals surface area contributed by atoms with Crippen LogP contribution in [0, 0.1) is 6.92 Å². The minimum atomic E-state index is -0.682. The predicted molar refractivity (Wildman–Crippen MR) is 132 cm³/mol. The molecule has 1 aliphatic rings. The van der Waals surface area contributed by atoms with E-state index < -0.39 is 17.7 Å². The van der Waals surface area contributed by atoms with Crippen LogP contribution in [0.25, 0.3) is 0 Å². The van der Waals surface area contributed by atoms with Crippen molar-refractivity contribution in [3.8, 4) is 0 Å². The van der Waals surface area contributed by atoms with E-state index in [0.29, 0.717) is 12.1 Å². The Morgan fingerprint density at radius 3 is 2.30 bits per heavy atom. The average molecular weight is 441 g/mol. The first-order valence-electron chi connectivity index (χ1n) is 11.0. The van der Waals surface area contributed by atoms with E-state index >= 15 is 0 Å². The van der Waals surface area contributed by atoms with Gasteiger partial charge >= 0.3 is 0 Å². The Morgan fingerprint density at radius 1 is 0.970 bits per heavy atom. The second-order valence-electron chi connectivity index (χ2n) is 8.57. The molecule has 1 atom stereocenters. The van der Waals surface area contributed by atoms with Crippen molar-refractivity contribution in [2.75, 3.05) is 23.9 Å². The van der Waals surface area contributed by atoms with E-state index in [0.717, 1.165) is 22.4 Å². The molecule has 0 spiro atoms. The number of hydrogen-bond donors (Lipinski definition) is 1. The molecule has 0 bridgehead atoms. The number of rotatable bonds is 7. The van der Waals surface area contributed by atoms with E-state index in [1.807, 2.05) is 105 Å². The molecule has 5 nitrogen and oxygen atoms in total. The lowest BCUT2D eigenvalue weighted by atomic mass is 9.92. The van der Waals surface area contributed by atoms with Crippen molar-refractivity contribution in [1.29, 1.82) is 0 Å². The Balaban J connectivity index is 1.73. The number of carbonyl (C=O) groups is 2. The van der Waals surface area contributed by atoms with Crippen LogP contribution in [0.4, 0.5) is 11.4 Å². The SMILES string of the molecule is Cc1cccc(N2C(=O)C(O)=C(C(=O)CCc3ccccc3)C2c2ccc(N(C)C)cc2)c1. The van der Waals surface area contributed by atoms with Gasteiger partial charge in [0, 0.05) is 31.9 Å². The fourth-order valence-electron chi connectivity index (χ4n) is 4.24. The van der Waals surface area contributed by atoms with Crippen molar-refractivity contribution in [2.24, 2.45) is 0 Å². The van der Waals surface area contributed by atoms with Gasteiger partial charge in [0.2, 0.25) is 0 Å². The van der Waals surface area contributed by atoms with Crippen LogP contribution in [0.15, 0.2) is 90.2 Å². The number of aliphatic hydroxyl groups excluding tert-OH is 1. The molecule has 1 aliphatic heterocycles. The number of anilines is 2. The van der Waals surface area contributed by atoms with E-state index in [-0.39, 0.29) is 17.8 Å². The topological polar surface area (TPSA) is 60.9 Å². The summed E-state index contributed by atoms with van der Waals surface area (Å²) in [5.41, 5.74) is 4.63. The van der Waals surface area contributed by atoms with Crippen LogP contribution < -0.4 is 9.80 Å². The van der Waals surface area contributed by atoms with Crippen molar-refractivity contribution in [1.82, 2.24) is 0 Å². The quantitative estimate of drug-likeness (QED) is 0.551. The highest BCUT2D eigenvalue weighted by Crippen LogP contribution is 2.42. The lowest BCUT2D eigenvalue weighted by Gasteiger charge is -2.27. The molecule has 1 heterocycles.